The highest BCUT2D eigenvalue weighted by Gasteiger charge is 2.32. The number of hydrogen-bond acceptors (Lipinski definition) is 3. The number of pyridine rings is 1. The van der Waals surface area contributed by atoms with Gasteiger partial charge in [0.25, 0.3) is 0 Å². The monoisotopic (exact) mass is 283 g/mol. The molecule has 0 atom stereocenters. The SMILES string of the molecule is C#CCN1CCC(Nc2ccc(C(F)(F)F)nc2)CC1. The highest BCUT2D eigenvalue weighted by Crippen LogP contribution is 2.28. The smallest absolute Gasteiger partial charge is 0.381 e. The van der Waals surface area contributed by atoms with Gasteiger partial charge in [-0.25, -0.2) is 4.98 Å². The van der Waals surface area contributed by atoms with Crippen molar-refractivity contribution in [2.24, 2.45) is 0 Å². The predicted molar refractivity (Wildman–Crippen MR) is 71.2 cm³/mol. The van der Waals surface area contributed by atoms with Crippen LogP contribution < -0.4 is 5.32 Å². The van der Waals surface area contributed by atoms with Gasteiger partial charge in [-0.15, -0.1) is 6.42 Å². The van der Waals surface area contributed by atoms with Gasteiger partial charge in [0.05, 0.1) is 18.4 Å². The van der Waals surface area contributed by atoms with Crippen LogP contribution in [0.1, 0.15) is 18.5 Å². The number of nitrogens with zero attached hydrogens (tertiary/aromatic N) is 2. The molecule has 1 aliphatic heterocycles. The quantitative estimate of drug-likeness (QED) is 0.864. The molecule has 1 aliphatic rings. The molecule has 3 nitrogen and oxygen atoms in total. The molecule has 0 aromatic carbocycles. The second-order valence-electron chi connectivity index (χ2n) is 4.83. The normalized spacial score (nSPS) is 17.7. The first kappa shape index (κ1) is 14.7. The van der Waals surface area contributed by atoms with Crippen LogP contribution in [0.2, 0.25) is 0 Å². The Morgan fingerprint density at radius 2 is 2.05 bits per heavy atom. The number of piperidine rings is 1. The first-order chi connectivity index (χ1) is 9.49. The molecular formula is C14H16F3N3. The Balaban J connectivity index is 1.87. The summed E-state index contributed by atoms with van der Waals surface area (Å²) in [5.41, 5.74) is -0.250. The van der Waals surface area contributed by atoms with Crippen LogP contribution in [0.4, 0.5) is 18.9 Å². The third-order valence-corrected chi connectivity index (χ3v) is 3.33. The summed E-state index contributed by atoms with van der Waals surface area (Å²) in [5.74, 6) is 2.61. The topological polar surface area (TPSA) is 28.2 Å². The van der Waals surface area contributed by atoms with Gasteiger partial charge in [0.15, 0.2) is 0 Å². The van der Waals surface area contributed by atoms with Crippen LogP contribution in [0.25, 0.3) is 0 Å². The highest BCUT2D eigenvalue weighted by molar-refractivity contribution is 5.42. The first-order valence-corrected chi connectivity index (χ1v) is 6.44. The number of aromatic nitrogens is 1. The van der Waals surface area contributed by atoms with Crippen molar-refractivity contribution in [3.8, 4) is 12.3 Å². The lowest BCUT2D eigenvalue weighted by Gasteiger charge is -2.31. The van der Waals surface area contributed by atoms with Gasteiger partial charge in [0.1, 0.15) is 5.69 Å². The van der Waals surface area contributed by atoms with E-state index in [1.54, 1.807) is 0 Å². The molecule has 0 radical (unpaired) electrons. The number of likely N-dealkylation sites (tertiary alicyclic amines) is 1. The van der Waals surface area contributed by atoms with Gasteiger partial charge < -0.3 is 5.32 Å². The molecule has 0 spiro atoms. The fourth-order valence-electron chi connectivity index (χ4n) is 2.25. The van der Waals surface area contributed by atoms with Crippen LogP contribution >= 0.6 is 0 Å². The minimum atomic E-state index is -4.39. The van der Waals surface area contributed by atoms with Crippen molar-refractivity contribution in [1.29, 1.82) is 0 Å². The molecule has 0 amide bonds. The summed E-state index contributed by atoms with van der Waals surface area (Å²) in [6, 6.07) is 2.67. The van der Waals surface area contributed by atoms with E-state index in [2.05, 4.69) is 21.1 Å². The lowest BCUT2D eigenvalue weighted by Crippen LogP contribution is -2.39. The number of halogens is 3. The molecule has 1 aromatic heterocycles. The van der Waals surface area contributed by atoms with Crippen LogP contribution in [-0.4, -0.2) is 35.6 Å². The van der Waals surface area contributed by atoms with E-state index >= 15 is 0 Å². The minimum Gasteiger partial charge on any atom is -0.381 e. The standard InChI is InChI=1S/C14H16F3N3/c1-2-7-20-8-5-11(6-9-20)19-12-3-4-13(18-10-12)14(15,16)17/h1,3-4,10-11,19H,5-9H2. The highest BCUT2D eigenvalue weighted by atomic mass is 19.4. The third kappa shape index (κ3) is 3.87. The van der Waals surface area contributed by atoms with Crippen molar-refractivity contribution in [3.05, 3.63) is 24.0 Å². The van der Waals surface area contributed by atoms with Crippen molar-refractivity contribution >= 4 is 5.69 Å². The van der Waals surface area contributed by atoms with Crippen LogP contribution in [0.3, 0.4) is 0 Å². The second kappa shape index (κ2) is 6.14. The van der Waals surface area contributed by atoms with Gasteiger partial charge in [-0.05, 0) is 25.0 Å². The molecule has 0 aliphatic carbocycles. The third-order valence-electron chi connectivity index (χ3n) is 3.33. The van der Waals surface area contributed by atoms with Crippen LogP contribution in [0.15, 0.2) is 18.3 Å². The summed E-state index contributed by atoms with van der Waals surface area (Å²) < 4.78 is 37.2. The molecule has 1 saturated heterocycles. The Labute approximate surface area is 116 Å². The van der Waals surface area contributed by atoms with Crippen molar-refractivity contribution < 1.29 is 13.2 Å². The van der Waals surface area contributed by atoms with Gasteiger partial charge in [-0.1, -0.05) is 5.92 Å². The molecule has 0 saturated carbocycles. The lowest BCUT2D eigenvalue weighted by atomic mass is 10.0. The van der Waals surface area contributed by atoms with Crippen molar-refractivity contribution in [2.75, 3.05) is 25.0 Å². The van der Waals surface area contributed by atoms with Crippen molar-refractivity contribution in [1.82, 2.24) is 9.88 Å². The number of rotatable bonds is 3. The molecule has 2 heterocycles. The molecule has 0 unspecified atom stereocenters. The molecule has 6 heteroatoms. The zero-order chi connectivity index (χ0) is 14.6. The zero-order valence-electron chi connectivity index (χ0n) is 11.0. The van der Waals surface area contributed by atoms with E-state index in [0.29, 0.717) is 12.2 Å². The van der Waals surface area contributed by atoms with E-state index in [0.717, 1.165) is 32.0 Å². The Hall–Kier alpha value is -1.74. The summed E-state index contributed by atoms with van der Waals surface area (Å²) in [6.45, 7) is 2.44. The Kier molecular flexibility index (Phi) is 4.50. The number of anilines is 1. The molecular weight excluding hydrogens is 267 g/mol. The largest absolute Gasteiger partial charge is 0.433 e. The molecule has 1 N–H and O–H groups in total. The average molecular weight is 283 g/mol. The molecule has 108 valence electrons. The van der Waals surface area contributed by atoms with Gasteiger partial charge in [-0.3, -0.25) is 4.90 Å². The van der Waals surface area contributed by atoms with Gasteiger partial charge in [0.2, 0.25) is 0 Å². The summed E-state index contributed by atoms with van der Waals surface area (Å²) in [6.07, 6.45) is 3.94. The van der Waals surface area contributed by atoms with Crippen LogP contribution in [0.5, 0.6) is 0 Å². The van der Waals surface area contributed by atoms with Gasteiger partial charge in [0, 0.05) is 19.1 Å². The predicted octanol–water partition coefficient (Wildman–Crippen LogP) is 2.61. The Bertz CT molecular complexity index is 468. The number of terminal acetylenes is 1. The fourth-order valence-corrected chi connectivity index (χ4v) is 2.25. The molecule has 1 fully saturated rings. The summed E-state index contributed by atoms with van der Waals surface area (Å²) in [4.78, 5) is 5.62. The van der Waals surface area contributed by atoms with Crippen LogP contribution in [-0.2, 0) is 6.18 Å². The average Bonchev–Trinajstić information content (AvgIpc) is 2.41. The number of hydrogen-bond donors (Lipinski definition) is 1. The van der Waals surface area contributed by atoms with Crippen molar-refractivity contribution in [3.63, 3.8) is 0 Å². The summed E-state index contributed by atoms with van der Waals surface area (Å²) in [5, 5.41) is 3.21. The van der Waals surface area contributed by atoms with Crippen LogP contribution in [0, 0.1) is 12.3 Å². The molecule has 2 rings (SSSR count). The number of nitrogens with one attached hydrogen (secondary N) is 1. The zero-order valence-corrected chi connectivity index (χ0v) is 11.0. The molecule has 1 aromatic rings. The maximum Gasteiger partial charge on any atom is 0.433 e. The maximum atomic E-state index is 12.4. The summed E-state index contributed by atoms with van der Waals surface area (Å²) >= 11 is 0. The molecule has 20 heavy (non-hydrogen) atoms. The van der Waals surface area contributed by atoms with E-state index in [1.807, 2.05) is 0 Å². The van der Waals surface area contributed by atoms with Gasteiger partial charge in [-0.2, -0.15) is 13.2 Å². The molecule has 0 bridgehead atoms. The second-order valence-corrected chi connectivity index (χ2v) is 4.83. The van der Waals surface area contributed by atoms with E-state index in [4.69, 9.17) is 6.42 Å². The fraction of sp³-hybridized carbons (Fsp3) is 0.500. The van der Waals surface area contributed by atoms with Crippen molar-refractivity contribution in [2.45, 2.75) is 25.1 Å². The van der Waals surface area contributed by atoms with E-state index in [1.165, 1.54) is 12.3 Å². The number of alkyl halides is 3. The lowest BCUT2D eigenvalue weighted by molar-refractivity contribution is -0.141. The first-order valence-electron chi connectivity index (χ1n) is 6.44. The van der Waals surface area contributed by atoms with E-state index < -0.39 is 11.9 Å². The van der Waals surface area contributed by atoms with E-state index in [-0.39, 0.29) is 6.04 Å². The Morgan fingerprint density at radius 1 is 1.35 bits per heavy atom. The summed E-state index contributed by atoms with van der Waals surface area (Å²) in [7, 11) is 0. The minimum absolute atomic E-state index is 0.252. The Morgan fingerprint density at radius 3 is 2.55 bits per heavy atom. The van der Waals surface area contributed by atoms with Gasteiger partial charge >= 0.3 is 6.18 Å². The van der Waals surface area contributed by atoms with E-state index in [9.17, 15) is 13.2 Å². The maximum absolute atomic E-state index is 12.4.